The third-order valence-electron chi connectivity index (χ3n) is 6.15. The molecule has 0 aliphatic carbocycles. The van der Waals surface area contributed by atoms with Crippen molar-refractivity contribution in [1.29, 1.82) is 0 Å². The van der Waals surface area contributed by atoms with Crippen LogP contribution >= 0.6 is 0 Å². The van der Waals surface area contributed by atoms with Crippen LogP contribution < -0.4 is 14.8 Å². The average molecular weight is 449 g/mol. The van der Waals surface area contributed by atoms with Crippen LogP contribution in [0.3, 0.4) is 0 Å². The molecule has 172 valence electrons. The molecule has 3 aromatic heterocycles. The summed E-state index contributed by atoms with van der Waals surface area (Å²) in [6.45, 7) is 3.15. The van der Waals surface area contributed by atoms with Gasteiger partial charge >= 0.3 is 0 Å². The first kappa shape index (κ1) is 21.4. The smallest absolute Gasteiger partial charge is 0.285 e. The quantitative estimate of drug-likeness (QED) is 0.437. The van der Waals surface area contributed by atoms with Gasteiger partial charge in [-0.25, -0.2) is 9.97 Å². The van der Waals surface area contributed by atoms with E-state index in [9.17, 15) is 0 Å². The second-order valence-corrected chi connectivity index (χ2v) is 8.21. The van der Waals surface area contributed by atoms with Gasteiger partial charge in [0, 0.05) is 23.6 Å². The zero-order chi connectivity index (χ0) is 22.8. The normalized spacial score (nSPS) is 16.3. The van der Waals surface area contributed by atoms with E-state index in [1.165, 1.54) is 12.8 Å². The zero-order valence-corrected chi connectivity index (χ0v) is 19.1. The molecule has 1 aliphatic heterocycles. The third-order valence-corrected chi connectivity index (χ3v) is 6.15. The number of H-pyrrole nitrogens is 1. The average Bonchev–Trinajstić information content (AvgIpc) is 3.48. The van der Waals surface area contributed by atoms with Gasteiger partial charge in [0.05, 0.1) is 37.1 Å². The first-order valence-corrected chi connectivity index (χ1v) is 11.4. The lowest BCUT2D eigenvalue weighted by Crippen LogP contribution is -2.35. The summed E-state index contributed by atoms with van der Waals surface area (Å²) in [6, 6.07) is 6.25. The van der Waals surface area contributed by atoms with Gasteiger partial charge in [0.1, 0.15) is 0 Å². The molecule has 0 radical (unpaired) electrons. The van der Waals surface area contributed by atoms with E-state index in [0.717, 1.165) is 53.7 Å². The van der Waals surface area contributed by atoms with Crippen molar-refractivity contribution in [3.8, 4) is 34.5 Å². The lowest BCUT2D eigenvalue weighted by molar-refractivity contribution is 0.355. The van der Waals surface area contributed by atoms with E-state index in [4.69, 9.17) is 18.9 Å². The first-order valence-electron chi connectivity index (χ1n) is 11.4. The Bertz CT molecular complexity index is 1260. The molecule has 2 N–H and O–H groups in total. The summed E-state index contributed by atoms with van der Waals surface area (Å²) in [5.74, 6) is 2.76. The molecule has 0 bridgehead atoms. The number of fused-ring (bicyclic) bond motifs is 1. The van der Waals surface area contributed by atoms with Crippen LogP contribution in [-0.2, 0) is 12.8 Å². The van der Waals surface area contributed by atoms with Crippen LogP contribution in [0.2, 0.25) is 0 Å². The van der Waals surface area contributed by atoms with Crippen LogP contribution in [0.5, 0.6) is 11.5 Å². The Morgan fingerprint density at radius 2 is 2.00 bits per heavy atom. The maximum atomic E-state index is 5.91. The highest BCUT2D eigenvalue weighted by atomic mass is 16.5. The molecule has 1 aliphatic rings. The van der Waals surface area contributed by atoms with Gasteiger partial charge in [-0.1, -0.05) is 13.3 Å². The predicted molar refractivity (Wildman–Crippen MR) is 124 cm³/mol. The number of hydrogen-bond donors (Lipinski definition) is 2. The molecule has 4 heterocycles. The number of aromatic amines is 1. The minimum Gasteiger partial charge on any atom is -0.493 e. The molecule has 1 fully saturated rings. The van der Waals surface area contributed by atoms with Crippen LogP contribution in [0.1, 0.15) is 37.6 Å². The molecule has 0 saturated carbocycles. The minimum absolute atomic E-state index is 0.346. The number of aryl methyl sites for hydroxylation is 1. The van der Waals surface area contributed by atoms with E-state index in [2.05, 4.69) is 32.4 Å². The fourth-order valence-electron chi connectivity index (χ4n) is 4.45. The molecular weight excluding hydrogens is 420 g/mol. The molecule has 1 saturated heterocycles. The topological polar surface area (TPSA) is 111 Å². The summed E-state index contributed by atoms with van der Waals surface area (Å²) in [6.07, 6.45) is 6.87. The Balaban J connectivity index is 1.47. The van der Waals surface area contributed by atoms with Gasteiger partial charge in [-0.3, -0.25) is 0 Å². The lowest BCUT2D eigenvalue weighted by atomic mass is 10.0. The van der Waals surface area contributed by atoms with Crippen LogP contribution in [0.15, 0.2) is 28.8 Å². The summed E-state index contributed by atoms with van der Waals surface area (Å²) >= 11 is 0. The molecule has 1 aromatic carbocycles. The Labute approximate surface area is 191 Å². The van der Waals surface area contributed by atoms with E-state index in [1.54, 1.807) is 20.4 Å². The summed E-state index contributed by atoms with van der Waals surface area (Å²) in [4.78, 5) is 12.7. The minimum atomic E-state index is 0.346. The van der Waals surface area contributed by atoms with Gasteiger partial charge in [0.15, 0.2) is 11.5 Å². The Kier molecular flexibility index (Phi) is 5.95. The van der Waals surface area contributed by atoms with E-state index in [1.807, 2.05) is 18.2 Å². The maximum absolute atomic E-state index is 5.91. The molecule has 0 amide bonds. The van der Waals surface area contributed by atoms with E-state index in [-0.39, 0.29) is 0 Å². The fraction of sp³-hybridized carbons (Fsp3) is 0.417. The van der Waals surface area contributed by atoms with Crippen LogP contribution in [0.25, 0.3) is 34.0 Å². The number of ether oxygens (including phenoxy) is 2. The van der Waals surface area contributed by atoms with Crippen molar-refractivity contribution in [2.45, 2.75) is 45.1 Å². The molecule has 33 heavy (non-hydrogen) atoms. The van der Waals surface area contributed by atoms with Gasteiger partial charge in [0.25, 0.3) is 5.89 Å². The molecular formula is C24H28N6O3. The standard InChI is InChI=1S/C24H28N6O3/c1-4-16-21(14-8-9-18(31-2)19(11-14)32-3)27-17-13-26-23(28-22(16)17)24-30-29-20(33-24)12-15-7-5-6-10-25-15/h8-9,11,13,15,25,27H,4-7,10,12H2,1-3H3/t15-/m1/s1. The van der Waals surface area contributed by atoms with Crippen molar-refractivity contribution in [3.05, 3.63) is 35.9 Å². The number of methoxy groups -OCH3 is 2. The molecule has 9 nitrogen and oxygen atoms in total. The number of rotatable bonds is 7. The third kappa shape index (κ3) is 4.16. The number of piperidine rings is 1. The molecule has 1 atom stereocenters. The number of hydrogen-bond acceptors (Lipinski definition) is 8. The van der Waals surface area contributed by atoms with Gasteiger partial charge in [-0.2, -0.15) is 0 Å². The maximum Gasteiger partial charge on any atom is 0.285 e. The van der Waals surface area contributed by atoms with Crippen molar-refractivity contribution >= 4 is 11.0 Å². The summed E-state index contributed by atoms with van der Waals surface area (Å²) in [7, 11) is 3.26. The van der Waals surface area contributed by atoms with Crippen molar-refractivity contribution in [1.82, 2.24) is 30.5 Å². The lowest BCUT2D eigenvalue weighted by Gasteiger charge is -2.21. The summed E-state index contributed by atoms with van der Waals surface area (Å²) in [5.41, 5.74) is 4.76. The van der Waals surface area contributed by atoms with Crippen molar-refractivity contribution in [3.63, 3.8) is 0 Å². The number of nitrogens with zero attached hydrogens (tertiary/aromatic N) is 4. The van der Waals surface area contributed by atoms with Crippen molar-refractivity contribution in [2.24, 2.45) is 0 Å². The monoisotopic (exact) mass is 448 g/mol. The highest BCUT2D eigenvalue weighted by Gasteiger charge is 2.20. The van der Waals surface area contributed by atoms with Crippen molar-refractivity contribution < 1.29 is 13.9 Å². The van der Waals surface area contributed by atoms with Gasteiger partial charge in [-0.05, 0) is 44.0 Å². The number of aromatic nitrogens is 5. The fourth-order valence-corrected chi connectivity index (χ4v) is 4.45. The van der Waals surface area contributed by atoms with Gasteiger partial charge < -0.3 is 24.2 Å². The Morgan fingerprint density at radius 1 is 1.12 bits per heavy atom. The van der Waals surface area contributed by atoms with E-state index < -0.39 is 0 Å². The van der Waals surface area contributed by atoms with Crippen LogP contribution in [-0.4, -0.2) is 52.0 Å². The summed E-state index contributed by atoms with van der Waals surface area (Å²) < 4.78 is 16.8. The molecule has 5 rings (SSSR count). The van der Waals surface area contributed by atoms with Crippen LogP contribution in [0.4, 0.5) is 0 Å². The van der Waals surface area contributed by atoms with Crippen molar-refractivity contribution in [2.75, 3.05) is 20.8 Å². The molecule has 9 heteroatoms. The van der Waals surface area contributed by atoms with E-state index >= 15 is 0 Å². The van der Waals surface area contributed by atoms with Gasteiger partial charge in [0.2, 0.25) is 11.7 Å². The molecule has 4 aromatic rings. The summed E-state index contributed by atoms with van der Waals surface area (Å²) in [5, 5.41) is 11.9. The molecule has 0 unspecified atom stereocenters. The number of nitrogens with one attached hydrogen (secondary N) is 2. The predicted octanol–water partition coefficient (Wildman–Crippen LogP) is 3.94. The number of benzene rings is 1. The van der Waals surface area contributed by atoms with Gasteiger partial charge in [-0.15, -0.1) is 10.2 Å². The zero-order valence-electron chi connectivity index (χ0n) is 19.1. The molecule has 0 spiro atoms. The largest absolute Gasteiger partial charge is 0.493 e. The van der Waals surface area contributed by atoms with Crippen LogP contribution in [0, 0.1) is 0 Å². The highest BCUT2D eigenvalue weighted by Crippen LogP contribution is 2.36. The second-order valence-electron chi connectivity index (χ2n) is 8.21. The second kappa shape index (κ2) is 9.19. The SMILES string of the molecule is CCc1c(-c2ccc(OC)c(OC)c2)[nH]c2cnc(-c3nnc(C[C@H]4CCCCN4)o3)nc12. The van der Waals surface area contributed by atoms with E-state index in [0.29, 0.717) is 35.1 Å². The Morgan fingerprint density at radius 3 is 2.76 bits per heavy atom. The highest BCUT2D eigenvalue weighted by molar-refractivity contribution is 5.88. The Hall–Kier alpha value is -3.46. The first-order chi connectivity index (χ1) is 16.2.